The molecule has 0 aromatic heterocycles. The van der Waals surface area contributed by atoms with Crippen LogP contribution >= 0.6 is 23.4 Å². The average Bonchev–Trinajstić information content (AvgIpc) is 2.82. The van der Waals surface area contributed by atoms with Crippen LogP contribution in [0.4, 0.5) is 0 Å². The number of ether oxygens (including phenoxy) is 2. The number of methoxy groups -OCH3 is 2. The van der Waals surface area contributed by atoms with E-state index in [0.717, 1.165) is 23.8 Å². The van der Waals surface area contributed by atoms with Gasteiger partial charge in [-0.3, -0.25) is 15.1 Å². The fourth-order valence-electron chi connectivity index (χ4n) is 3.94. The van der Waals surface area contributed by atoms with Gasteiger partial charge in [-0.1, -0.05) is 67.7 Å². The van der Waals surface area contributed by atoms with Gasteiger partial charge in [-0.25, -0.2) is 5.01 Å². The normalized spacial score (nSPS) is 16.9. The van der Waals surface area contributed by atoms with E-state index in [1.807, 2.05) is 24.3 Å². The zero-order valence-corrected chi connectivity index (χ0v) is 20.5. The van der Waals surface area contributed by atoms with Crippen LogP contribution in [0.25, 0.3) is 5.70 Å². The van der Waals surface area contributed by atoms with Crippen LogP contribution < -0.4 is 25.4 Å². The maximum absolute atomic E-state index is 13.3. The second-order valence-electron chi connectivity index (χ2n) is 7.71. The van der Waals surface area contributed by atoms with Crippen LogP contribution in [0.3, 0.4) is 0 Å². The van der Waals surface area contributed by atoms with Gasteiger partial charge in [0.05, 0.1) is 19.6 Å². The van der Waals surface area contributed by atoms with Crippen LogP contribution in [0.2, 0.25) is 5.02 Å². The monoisotopic (exact) mass is 486 g/mol. The lowest BCUT2D eigenvalue weighted by molar-refractivity contribution is -0.116. The molecule has 7 nitrogen and oxygen atoms in total. The molecule has 0 bridgehead atoms. The Labute approximate surface area is 202 Å². The Morgan fingerprint density at radius 1 is 1.15 bits per heavy atom. The number of nitrogens with one attached hydrogen (secondary N) is 1. The van der Waals surface area contributed by atoms with Crippen molar-refractivity contribution in [2.75, 3.05) is 20.0 Å². The SMILES string of the molecule is CCCCCCSC1=NN2C(=c3ccccc3=N[C@@H]2c2cc(Cl)cc(OC)c2OC)C(=O)N1. The minimum absolute atomic E-state index is 0.207. The first kappa shape index (κ1) is 23.4. The number of thioether (sulfide) groups is 1. The van der Waals surface area contributed by atoms with E-state index in [1.54, 1.807) is 43.1 Å². The Hall–Kier alpha value is -2.71. The third-order valence-corrected chi connectivity index (χ3v) is 6.67. The van der Waals surface area contributed by atoms with E-state index in [-0.39, 0.29) is 5.91 Å². The second kappa shape index (κ2) is 10.5. The highest BCUT2D eigenvalue weighted by Gasteiger charge is 2.36. The minimum Gasteiger partial charge on any atom is -0.493 e. The molecular formula is C24H27ClN4O3S. The van der Waals surface area contributed by atoms with Gasteiger partial charge in [0.15, 0.2) is 22.8 Å². The number of carbonyl (C=O) groups excluding carboxylic acids is 1. The van der Waals surface area contributed by atoms with Gasteiger partial charge in [-0.15, -0.1) is 5.10 Å². The number of amidine groups is 1. The topological polar surface area (TPSA) is 75.5 Å². The van der Waals surface area contributed by atoms with E-state index in [0.29, 0.717) is 38.3 Å². The van der Waals surface area contributed by atoms with Gasteiger partial charge in [-0.05, 0) is 18.6 Å². The lowest BCUT2D eigenvalue weighted by atomic mass is 10.1. The minimum atomic E-state index is -0.640. The summed E-state index contributed by atoms with van der Waals surface area (Å²) < 4.78 is 11.2. The maximum atomic E-state index is 13.3. The van der Waals surface area contributed by atoms with Crippen LogP contribution in [0.15, 0.2) is 46.5 Å². The number of rotatable bonds is 8. The number of halogens is 1. The van der Waals surface area contributed by atoms with Crippen LogP contribution in [0, 0.1) is 0 Å². The van der Waals surface area contributed by atoms with E-state index in [1.165, 1.54) is 12.8 Å². The molecular weight excluding hydrogens is 460 g/mol. The predicted octanol–water partition coefficient (Wildman–Crippen LogP) is 3.81. The molecule has 4 rings (SSSR count). The number of unbranched alkanes of at least 4 members (excludes halogenated alkanes) is 3. The Morgan fingerprint density at radius 2 is 1.97 bits per heavy atom. The van der Waals surface area contributed by atoms with Crippen molar-refractivity contribution in [3.63, 3.8) is 0 Å². The predicted molar refractivity (Wildman–Crippen MR) is 132 cm³/mol. The molecule has 33 heavy (non-hydrogen) atoms. The van der Waals surface area contributed by atoms with E-state index in [9.17, 15) is 4.79 Å². The summed E-state index contributed by atoms with van der Waals surface area (Å²) in [6, 6.07) is 11.0. The number of carbonyl (C=O) groups is 1. The van der Waals surface area contributed by atoms with E-state index in [2.05, 4.69) is 12.2 Å². The van der Waals surface area contributed by atoms with Crippen molar-refractivity contribution in [2.24, 2.45) is 10.1 Å². The Bertz CT molecular complexity index is 1200. The Kier molecular flexibility index (Phi) is 7.45. The highest BCUT2D eigenvalue weighted by molar-refractivity contribution is 8.13. The molecule has 2 aliphatic heterocycles. The molecule has 2 aliphatic rings. The summed E-state index contributed by atoms with van der Waals surface area (Å²) in [4.78, 5) is 18.2. The van der Waals surface area contributed by atoms with Crippen molar-refractivity contribution in [1.29, 1.82) is 0 Å². The largest absolute Gasteiger partial charge is 0.493 e. The summed E-state index contributed by atoms with van der Waals surface area (Å²) in [6.07, 6.45) is 3.98. The van der Waals surface area contributed by atoms with Gasteiger partial charge in [-0.2, -0.15) is 0 Å². The molecule has 0 saturated heterocycles. The van der Waals surface area contributed by atoms with Crippen molar-refractivity contribution in [3.8, 4) is 11.5 Å². The Morgan fingerprint density at radius 3 is 2.73 bits per heavy atom. The number of hydrazone groups is 1. The molecule has 0 spiro atoms. The first-order valence-corrected chi connectivity index (χ1v) is 12.3. The van der Waals surface area contributed by atoms with Crippen molar-refractivity contribution < 1.29 is 14.3 Å². The molecule has 2 aromatic carbocycles. The maximum Gasteiger partial charge on any atom is 0.276 e. The lowest BCUT2D eigenvalue weighted by Gasteiger charge is -2.34. The zero-order valence-electron chi connectivity index (χ0n) is 18.9. The third kappa shape index (κ3) is 4.82. The van der Waals surface area contributed by atoms with E-state index in [4.69, 9.17) is 31.2 Å². The van der Waals surface area contributed by atoms with Crippen LogP contribution in [-0.4, -0.2) is 36.1 Å². The summed E-state index contributed by atoms with van der Waals surface area (Å²) in [6.45, 7) is 2.19. The van der Waals surface area contributed by atoms with Gasteiger partial charge >= 0.3 is 0 Å². The lowest BCUT2D eigenvalue weighted by Crippen LogP contribution is -2.50. The second-order valence-corrected chi connectivity index (χ2v) is 9.23. The first-order valence-electron chi connectivity index (χ1n) is 11.0. The van der Waals surface area contributed by atoms with Crippen LogP contribution in [0.5, 0.6) is 11.5 Å². The smallest absolute Gasteiger partial charge is 0.276 e. The molecule has 1 atom stereocenters. The standard InChI is InChI=1S/C24H27ClN4O3S/c1-4-5-6-9-12-33-24-27-23(30)20-16-10-7-8-11-18(16)26-22(29(20)28-24)17-13-15(25)14-19(31-2)21(17)32-3/h7-8,10-11,13-14,22H,4-6,9,12H2,1-3H3,(H,27,28,30)/t22-/m0/s1. The number of nitrogens with zero attached hydrogens (tertiary/aromatic N) is 3. The van der Waals surface area contributed by atoms with Crippen LogP contribution in [-0.2, 0) is 4.79 Å². The molecule has 0 unspecified atom stereocenters. The molecule has 0 radical (unpaired) electrons. The number of para-hydroxylation sites is 1. The summed E-state index contributed by atoms with van der Waals surface area (Å²) in [5.41, 5.74) is 1.11. The summed E-state index contributed by atoms with van der Waals surface area (Å²) in [5.74, 6) is 1.67. The summed E-state index contributed by atoms with van der Waals surface area (Å²) in [7, 11) is 3.13. The van der Waals surface area contributed by atoms with Crippen LogP contribution in [0.1, 0.15) is 44.3 Å². The highest BCUT2D eigenvalue weighted by Crippen LogP contribution is 2.42. The molecule has 0 fully saturated rings. The number of hydrogen-bond acceptors (Lipinski definition) is 7. The molecule has 2 heterocycles. The Balaban J connectivity index is 1.80. The summed E-state index contributed by atoms with van der Waals surface area (Å²) in [5, 5.41) is 11.9. The molecule has 174 valence electrons. The molecule has 2 aromatic rings. The first-order chi connectivity index (χ1) is 16.1. The fourth-order valence-corrected chi connectivity index (χ4v) is 5.01. The highest BCUT2D eigenvalue weighted by atomic mass is 35.5. The van der Waals surface area contributed by atoms with Gasteiger partial charge in [0, 0.05) is 27.6 Å². The molecule has 0 aliphatic carbocycles. The molecule has 0 saturated carbocycles. The van der Waals surface area contributed by atoms with Gasteiger partial charge in [0.2, 0.25) is 0 Å². The number of benzene rings is 2. The summed E-state index contributed by atoms with van der Waals surface area (Å²) >= 11 is 7.94. The number of amides is 1. The van der Waals surface area contributed by atoms with Gasteiger partial charge in [0.1, 0.15) is 5.70 Å². The molecule has 1 N–H and O–H groups in total. The number of fused-ring (bicyclic) bond motifs is 2. The van der Waals surface area contributed by atoms with Crippen molar-refractivity contribution in [2.45, 2.75) is 38.8 Å². The van der Waals surface area contributed by atoms with Gasteiger partial charge in [0.25, 0.3) is 5.91 Å². The van der Waals surface area contributed by atoms with Gasteiger partial charge < -0.3 is 9.47 Å². The quantitative estimate of drug-likeness (QED) is 0.574. The van der Waals surface area contributed by atoms with Crippen molar-refractivity contribution in [3.05, 3.63) is 57.6 Å². The van der Waals surface area contributed by atoms with Crippen molar-refractivity contribution >= 4 is 40.1 Å². The number of hydrogen-bond donors (Lipinski definition) is 1. The zero-order chi connectivity index (χ0) is 23.4. The van der Waals surface area contributed by atoms with Crippen molar-refractivity contribution in [1.82, 2.24) is 10.3 Å². The molecule has 1 amide bonds. The fraction of sp³-hybridized carbons (Fsp3) is 0.375. The van der Waals surface area contributed by atoms with E-state index < -0.39 is 6.17 Å². The third-order valence-electron chi connectivity index (χ3n) is 5.50. The average molecular weight is 487 g/mol. The molecule has 9 heteroatoms. The van der Waals surface area contributed by atoms with E-state index >= 15 is 0 Å².